The Labute approximate surface area is 80.8 Å². The molecule has 0 aromatic heterocycles. The number of aldehydes is 1. The first-order valence-corrected chi connectivity index (χ1v) is 4.68. The van der Waals surface area contributed by atoms with Crippen LogP contribution < -0.4 is 0 Å². The Balaban J connectivity index is 0.000000671. The van der Waals surface area contributed by atoms with Gasteiger partial charge < -0.3 is 0 Å². The molecule has 0 saturated carbocycles. The van der Waals surface area contributed by atoms with Crippen LogP contribution in [0.2, 0.25) is 0 Å². The maximum atomic E-state index is 10.4. The van der Waals surface area contributed by atoms with Crippen molar-refractivity contribution in [2.75, 3.05) is 0 Å². The molecule has 1 nitrogen and oxygen atoms in total. The Kier molecular flexibility index (Phi) is 5.05. The first-order chi connectivity index (χ1) is 6.15. The molecular formula is C12H18O. The van der Waals surface area contributed by atoms with E-state index < -0.39 is 0 Å². The van der Waals surface area contributed by atoms with Gasteiger partial charge >= 0.3 is 0 Å². The lowest BCUT2D eigenvalue weighted by molar-refractivity contribution is 0.112. The van der Waals surface area contributed by atoms with Crippen molar-refractivity contribution in [1.29, 1.82) is 0 Å². The molecule has 1 rings (SSSR count). The molecule has 0 fully saturated rings. The van der Waals surface area contributed by atoms with Crippen molar-refractivity contribution < 1.29 is 4.79 Å². The van der Waals surface area contributed by atoms with E-state index in [1.165, 1.54) is 16.7 Å². The summed E-state index contributed by atoms with van der Waals surface area (Å²) in [5.41, 5.74) is 4.42. The molecule has 0 aliphatic carbocycles. The summed E-state index contributed by atoms with van der Waals surface area (Å²) in [6.45, 7) is 10.1. The minimum absolute atomic E-state index is 0.769. The largest absolute Gasteiger partial charge is 0.298 e. The SMILES string of the molecule is CC.Cc1cc(C=O)cc(C)c1C. The van der Waals surface area contributed by atoms with Gasteiger partial charge in [0.1, 0.15) is 6.29 Å². The number of rotatable bonds is 1. The summed E-state index contributed by atoms with van der Waals surface area (Å²) in [5, 5.41) is 0. The molecule has 0 aliphatic rings. The standard InChI is InChI=1S/C10H12O.C2H6/c1-7-4-10(6-11)5-8(2)9(7)3;1-2/h4-6H,1-3H3;1-2H3. The third-order valence-electron chi connectivity index (χ3n) is 2.09. The fourth-order valence-corrected chi connectivity index (χ4v) is 1.14. The van der Waals surface area contributed by atoms with Crippen LogP contribution in [0, 0.1) is 20.8 Å². The smallest absolute Gasteiger partial charge is 0.150 e. The van der Waals surface area contributed by atoms with E-state index in [9.17, 15) is 4.79 Å². The van der Waals surface area contributed by atoms with Crippen molar-refractivity contribution in [2.45, 2.75) is 34.6 Å². The summed E-state index contributed by atoms with van der Waals surface area (Å²) in [6.07, 6.45) is 0.888. The summed E-state index contributed by atoms with van der Waals surface area (Å²) in [4.78, 5) is 10.4. The third-order valence-corrected chi connectivity index (χ3v) is 2.09. The number of carbonyl (C=O) groups is 1. The Morgan fingerprint density at radius 2 is 1.38 bits per heavy atom. The van der Waals surface area contributed by atoms with Crippen molar-refractivity contribution in [3.63, 3.8) is 0 Å². The maximum absolute atomic E-state index is 10.4. The molecule has 0 atom stereocenters. The number of carbonyl (C=O) groups excluding carboxylic acids is 1. The van der Waals surface area contributed by atoms with Gasteiger partial charge in [0, 0.05) is 5.56 Å². The number of benzene rings is 1. The van der Waals surface area contributed by atoms with E-state index in [-0.39, 0.29) is 0 Å². The highest BCUT2D eigenvalue weighted by molar-refractivity contribution is 5.75. The molecular weight excluding hydrogens is 160 g/mol. The number of aryl methyl sites for hydroxylation is 2. The van der Waals surface area contributed by atoms with Gasteiger partial charge in [0.15, 0.2) is 0 Å². The normalized spacial score (nSPS) is 8.69. The van der Waals surface area contributed by atoms with Gasteiger partial charge in [-0.1, -0.05) is 13.8 Å². The molecule has 0 aliphatic heterocycles. The molecule has 1 heteroatoms. The first-order valence-electron chi connectivity index (χ1n) is 4.68. The Hall–Kier alpha value is -1.11. The fraction of sp³-hybridized carbons (Fsp3) is 0.417. The zero-order chi connectivity index (χ0) is 10.4. The van der Waals surface area contributed by atoms with Crippen LogP contribution in [-0.2, 0) is 0 Å². The van der Waals surface area contributed by atoms with Crippen LogP contribution in [0.1, 0.15) is 40.9 Å². The van der Waals surface area contributed by atoms with E-state index in [1.54, 1.807) is 0 Å². The predicted octanol–water partition coefficient (Wildman–Crippen LogP) is 3.45. The monoisotopic (exact) mass is 178 g/mol. The maximum Gasteiger partial charge on any atom is 0.150 e. The summed E-state index contributed by atoms with van der Waals surface area (Å²) in [5.74, 6) is 0. The lowest BCUT2D eigenvalue weighted by Crippen LogP contribution is -1.89. The minimum atomic E-state index is 0.769. The molecule has 0 heterocycles. The second kappa shape index (κ2) is 5.52. The highest BCUT2D eigenvalue weighted by Crippen LogP contribution is 2.13. The van der Waals surface area contributed by atoms with Crippen molar-refractivity contribution in [3.8, 4) is 0 Å². The minimum Gasteiger partial charge on any atom is -0.298 e. The molecule has 0 bridgehead atoms. The van der Waals surface area contributed by atoms with Crippen LogP contribution in [0.15, 0.2) is 12.1 Å². The van der Waals surface area contributed by atoms with Gasteiger partial charge in [0.25, 0.3) is 0 Å². The molecule has 0 saturated heterocycles. The first kappa shape index (κ1) is 11.9. The molecule has 13 heavy (non-hydrogen) atoms. The van der Waals surface area contributed by atoms with Gasteiger partial charge in [-0.15, -0.1) is 0 Å². The Bertz CT molecular complexity index is 264. The van der Waals surface area contributed by atoms with E-state index in [1.807, 2.05) is 39.8 Å². The summed E-state index contributed by atoms with van der Waals surface area (Å²) in [7, 11) is 0. The summed E-state index contributed by atoms with van der Waals surface area (Å²) in [6, 6.07) is 3.82. The quantitative estimate of drug-likeness (QED) is 0.602. The van der Waals surface area contributed by atoms with Gasteiger partial charge in [-0.3, -0.25) is 4.79 Å². The Morgan fingerprint density at radius 1 is 1.00 bits per heavy atom. The third kappa shape index (κ3) is 3.02. The van der Waals surface area contributed by atoms with Crippen molar-refractivity contribution in [3.05, 3.63) is 34.4 Å². The lowest BCUT2D eigenvalue weighted by Gasteiger charge is -2.04. The zero-order valence-corrected chi connectivity index (χ0v) is 9.14. The van der Waals surface area contributed by atoms with Crippen LogP contribution in [-0.4, -0.2) is 6.29 Å². The van der Waals surface area contributed by atoms with Gasteiger partial charge in [-0.2, -0.15) is 0 Å². The second-order valence-corrected chi connectivity index (χ2v) is 2.90. The topological polar surface area (TPSA) is 17.1 Å². The van der Waals surface area contributed by atoms with E-state index >= 15 is 0 Å². The van der Waals surface area contributed by atoms with Gasteiger partial charge in [-0.25, -0.2) is 0 Å². The van der Waals surface area contributed by atoms with Crippen molar-refractivity contribution in [2.24, 2.45) is 0 Å². The lowest BCUT2D eigenvalue weighted by atomic mass is 10.0. The van der Waals surface area contributed by atoms with Gasteiger partial charge in [0.05, 0.1) is 0 Å². The highest BCUT2D eigenvalue weighted by atomic mass is 16.1. The van der Waals surface area contributed by atoms with Crippen LogP contribution in [0.3, 0.4) is 0 Å². The average molecular weight is 178 g/mol. The Morgan fingerprint density at radius 3 is 1.69 bits per heavy atom. The van der Waals surface area contributed by atoms with Crippen LogP contribution >= 0.6 is 0 Å². The van der Waals surface area contributed by atoms with Gasteiger partial charge in [0.2, 0.25) is 0 Å². The summed E-state index contributed by atoms with van der Waals surface area (Å²) < 4.78 is 0. The van der Waals surface area contributed by atoms with E-state index in [0.29, 0.717) is 0 Å². The average Bonchev–Trinajstić information content (AvgIpc) is 2.16. The highest BCUT2D eigenvalue weighted by Gasteiger charge is 1.98. The number of hydrogen-bond acceptors (Lipinski definition) is 1. The molecule has 1 aromatic carbocycles. The zero-order valence-electron chi connectivity index (χ0n) is 9.14. The molecule has 72 valence electrons. The van der Waals surface area contributed by atoms with E-state index in [0.717, 1.165) is 11.8 Å². The van der Waals surface area contributed by atoms with Crippen LogP contribution in [0.4, 0.5) is 0 Å². The molecule has 1 aromatic rings. The van der Waals surface area contributed by atoms with Gasteiger partial charge in [-0.05, 0) is 49.6 Å². The predicted molar refractivity (Wildman–Crippen MR) is 57.4 cm³/mol. The van der Waals surface area contributed by atoms with E-state index in [4.69, 9.17) is 0 Å². The second-order valence-electron chi connectivity index (χ2n) is 2.90. The molecule has 0 radical (unpaired) electrons. The van der Waals surface area contributed by atoms with E-state index in [2.05, 4.69) is 6.92 Å². The number of hydrogen-bond donors (Lipinski definition) is 0. The summed E-state index contributed by atoms with van der Waals surface area (Å²) >= 11 is 0. The fourth-order valence-electron chi connectivity index (χ4n) is 1.14. The molecule has 0 unspecified atom stereocenters. The van der Waals surface area contributed by atoms with Crippen LogP contribution in [0.25, 0.3) is 0 Å². The van der Waals surface area contributed by atoms with Crippen molar-refractivity contribution >= 4 is 6.29 Å². The van der Waals surface area contributed by atoms with Crippen molar-refractivity contribution in [1.82, 2.24) is 0 Å². The van der Waals surface area contributed by atoms with Crippen LogP contribution in [0.5, 0.6) is 0 Å². The molecule has 0 spiro atoms. The molecule has 0 N–H and O–H groups in total. The molecule has 0 amide bonds.